The summed E-state index contributed by atoms with van der Waals surface area (Å²) in [5.41, 5.74) is 1.91. The summed E-state index contributed by atoms with van der Waals surface area (Å²) in [5, 5.41) is 0.575. The van der Waals surface area contributed by atoms with Gasteiger partial charge in [-0.15, -0.1) is 0 Å². The van der Waals surface area contributed by atoms with Gasteiger partial charge in [-0.3, -0.25) is 9.59 Å². The summed E-state index contributed by atoms with van der Waals surface area (Å²) in [5.74, 6) is -0.608. The maximum Gasteiger partial charge on any atom is 0.339 e. The zero-order chi connectivity index (χ0) is 18.7. The summed E-state index contributed by atoms with van der Waals surface area (Å²) < 4.78 is 5.14. The van der Waals surface area contributed by atoms with Gasteiger partial charge < -0.3 is 9.72 Å². The quantitative estimate of drug-likeness (QED) is 0.563. The van der Waals surface area contributed by atoms with Crippen molar-refractivity contribution in [3.63, 3.8) is 0 Å². The van der Waals surface area contributed by atoms with Gasteiger partial charge in [-0.05, 0) is 17.5 Å². The minimum Gasteiger partial charge on any atom is -0.454 e. The Labute approximate surface area is 150 Å². The van der Waals surface area contributed by atoms with E-state index in [9.17, 15) is 14.4 Å². The fourth-order valence-electron chi connectivity index (χ4n) is 2.72. The van der Waals surface area contributed by atoms with E-state index in [1.165, 1.54) is 6.07 Å². The van der Waals surface area contributed by atoms with Crippen molar-refractivity contribution in [3.05, 3.63) is 81.6 Å². The molecule has 5 nitrogen and oxygen atoms in total. The lowest BCUT2D eigenvalue weighted by Crippen LogP contribution is -2.17. The maximum atomic E-state index is 12.4. The van der Waals surface area contributed by atoms with Crippen molar-refractivity contribution in [2.75, 3.05) is 6.61 Å². The Morgan fingerprint density at radius 3 is 2.42 bits per heavy atom. The van der Waals surface area contributed by atoms with Crippen LogP contribution in [-0.4, -0.2) is 23.3 Å². The molecule has 132 valence electrons. The molecule has 2 aromatic carbocycles. The molecule has 0 aliphatic heterocycles. The number of H-pyrrole nitrogens is 1. The van der Waals surface area contributed by atoms with E-state index in [-0.39, 0.29) is 18.0 Å². The van der Waals surface area contributed by atoms with Gasteiger partial charge in [-0.1, -0.05) is 56.3 Å². The van der Waals surface area contributed by atoms with E-state index in [0.717, 1.165) is 5.56 Å². The molecule has 0 radical (unpaired) electrons. The molecule has 0 fully saturated rings. The number of benzene rings is 2. The SMILES string of the molecule is CC(C)c1ccc(C(=O)COC(=O)c2cc(=O)[nH]c3ccccc23)cc1. The number of para-hydroxylation sites is 1. The Morgan fingerprint density at radius 1 is 1.04 bits per heavy atom. The minimum atomic E-state index is -0.695. The molecule has 1 heterocycles. The van der Waals surface area contributed by atoms with Crippen molar-refractivity contribution in [1.29, 1.82) is 0 Å². The number of rotatable bonds is 5. The van der Waals surface area contributed by atoms with Crippen LogP contribution in [0.1, 0.15) is 46.0 Å². The van der Waals surface area contributed by atoms with Gasteiger partial charge in [0.15, 0.2) is 12.4 Å². The molecular weight excluding hydrogens is 330 g/mol. The van der Waals surface area contributed by atoms with Crippen LogP contribution in [0.3, 0.4) is 0 Å². The second-order valence-electron chi connectivity index (χ2n) is 6.37. The first-order chi connectivity index (χ1) is 12.5. The van der Waals surface area contributed by atoms with Gasteiger partial charge in [0, 0.05) is 22.5 Å². The lowest BCUT2D eigenvalue weighted by atomic mass is 10.0. The number of nitrogens with one attached hydrogen (secondary N) is 1. The zero-order valence-corrected chi connectivity index (χ0v) is 14.6. The molecule has 0 unspecified atom stereocenters. The summed E-state index contributed by atoms with van der Waals surface area (Å²) >= 11 is 0. The Hall–Kier alpha value is -3.21. The van der Waals surface area contributed by atoms with E-state index < -0.39 is 11.5 Å². The average molecular weight is 349 g/mol. The van der Waals surface area contributed by atoms with Crippen LogP contribution < -0.4 is 5.56 Å². The predicted molar refractivity (Wildman–Crippen MR) is 99.7 cm³/mol. The molecule has 0 atom stereocenters. The first-order valence-corrected chi connectivity index (χ1v) is 8.38. The van der Waals surface area contributed by atoms with Crippen molar-refractivity contribution >= 4 is 22.7 Å². The van der Waals surface area contributed by atoms with Gasteiger partial charge in [0.25, 0.3) is 0 Å². The Morgan fingerprint density at radius 2 is 1.73 bits per heavy atom. The van der Waals surface area contributed by atoms with Crippen molar-refractivity contribution < 1.29 is 14.3 Å². The van der Waals surface area contributed by atoms with Gasteiger partial charge >= 0.3 is 5.97 Å². The molecule has 5 heteroatoms. The fourth-order valence-corrected chi connectivity index (χ4v) is 2.72. The lowest BCUT2D eigenvalue weighted by Gasteiger charge is -2.08. The van der Waals surface area contributed by atoms with E-state index in [2.05, 4.69) is 18.8 Å². The van der Waals surface area contributed by atoms with Crippen molar-refractivity contribution in [1.82, 2.24) is 4.98 Å². The van der Waals surface area contributed by atoms with Crippen LogP contribution in [0.5, 0.6) is 0 Å². The molecule has 0 amide bonds. The second kappa shape index (κ2) is 7.35. The molecule has 3 rings (SSSR count). The number of aromatic amines is 1. The van der Waals surface area contributed by atoms with Gasteiger partial charge in [-0.25, -0.2) is 4.79 Å². The summed E-state index contributed by atoms with van der Waals surface area (Å²) in [6.45, 7) is 3.77. The molecule has 0 saturated heterocycles. The number of carbonyl (C=O) groups is 2. The first-order valence-electron chi connectivity index (χ1n) is 8.38. The third-order valence-electron chi connectivity index (χ3n) is 4.20. The number of aromatic nitrogens is 1. The summed E-state index contributed by atoms with van der Waals surface area (Å²) in [6, 6.07) is 15.4. The van der Waals surface area contributed by atoms with Crippen LogP contribution in [0.4, 0.5) is 0 Å². The van der Waals surface area contributed by atoms with Crippen molar-refractivity contribution in [2.24, 2.45) is 0 Å². The Kier molecular flexibility index (Phi) is 4.98. The Bertz CT molecular complexity index is 1020. The van der Waals surface area contributed by atoms with Crippen molar-refractivity contribution in [3.8, 4) is 0 Å². The highest BCUT2D eigenvalue weighted by molar-refractivity contribution is 6.05. The van der Waals surface area contributed by atoms with Crippen LogP contribution in [0.25, 0.3) is 10.9 Å². The molecular formula is C21H19NO4. The number of hydrogen-bond donors (Lipinski definition) is 1. The normalized spacial score (nSPS) is 10.9. The van der Waals surface area contributed by atoms with E-state index in [4.69, 9.17) is 4.74 Å². The highest BCUT2D eigenvalue weighted by atomic mass is 16.5. The first kappa shape index (κ1) is 17.6. The van der Waals surface area contributed by atoms with E-state index in [1.54, 1.807) is 36.4 Å². The molecule has 0 saturated carbocycles. The van der Waals surface area contributed by atoms with E-state index >= 15 is 0 Å². The maximum absolute atomic E-state index is 12.4. The van der Waals surface area contributed by atoms with Crippen LogP contribution in [0, 0.1) is 0 Å². The highest BCUT2D eigenvalue weighted by Gasteiger charge is 2.15. The molecule has 1 aromatic heterocycles. The van der Waals surface area contributed by atoms with Gasteiger partial charge in [0.2, 0.25) is 5.56 Å². The van der Waals surface area contributed by atoms with Gasteiger partial charge in [-0.2, -0.15) is 0 Å². The molecule has 3 aromatic rings. The third-order valence-corrected chi connectivity index (χ3v) is 4.20. The number of Topliss-reactive ketones (excluding diaryl/α,β-unsaturated/α-hetero) is 1. The molecule has 1 N–H and O–H groups in total. The van der Waals surface area contributed by atoms with E-state index in [1.807, 2.05) is 12.1 Å². The number of hydrogen-bond acceptors (Lipinski definition) is 4. The second-order valence-corrected chi connectivity index (χ2v) is 6.37. The van der Waals surface area contributed by atoms with Gasteiger partial charge in [0.05, 0.1) is 5.56 Å². The topological polar surface area (TPSA) is 76.2 Å². The standard InChI is InChI=1S/C21H19NO4/c1-13(2)14-7-9-15(10-8-14)19(23)12-26-21(25)17-11-20(24)22-18-6-4-3-5-16(17)18/h3-11,13H,12H2,1-2H3,(H,22,24). The summed E-state index contributed by atoms with van der Waals surface area (Å²) in [4.78, 5) is 39.0. The van der Waals surface area contributed by atoms with Crippen LogP contribution in [0.15, 0.2) is 59.4 Å². The fraction of sp³-hybridized carbons (Fsp3) is 0.190. The zero-order valence-electron chi connectivity index (χ0n) is 14.6. The predicted octanol–water partition coefficient (Wildman–Crippen LogP) is 3.69. The molecule has 0 spiro atoms. The van der Waals surface area contributed by atoms with Crippen LogP contribution in [-0.2, 0) is 4.74 Å². The van der Waals surface area contributed by atoms with Gasteiger partial charge in [0.1, 0.15) is 0 Å². The smallest absolute Gasteiger partial charge is 0.339 e. The largest absolute Gasteiger partial charge is 0.454 e. The van der Waals surface area contributed by atoms with Crippen LogP contribution >= 0.6 is 0 Å². The lowest BCUT2D eigenvalue weighted by molar-refractivity contribution is 0.0476. The monoisotopic (exact) mass is 349 g/mol. The number of ether oxygens (including phenoxy) is 1. The summed E-state index contributed by atoms with van der Waals surface area (Å²) in [6.07, 6.45) is 0. The molecule has 0 bridgehead atoms. The summed E-state index contributed by atoms with van der Waals surface area (Å²) in [7, 11) is 0. The number of esters is 1. The average Bonchev–Trinajstić information content (AvgIpc) is 2.65. The van der Waals surface area contributed by atoms with Crippen molar-refractivity contribution in [2.45, 2.75) is 19.8 Å². The van der Waals surface area contributed by atoms with Crippen LogP contribution in [0.2, 0.25) is 0 Å². The van der Waals surface area contributed by atoms with E-state index in [0.29, 0.717) is 22.4 Å². The Balaban J connectivity index is 1.75. The molecule has 26 heavy (non-hydrogen) atoms. The number of fused-ring (bicyclic) bond motifs is 1. The molecule has 0 aliphatic rings. The third kappa shape index (κ3) is 3.72. The number of ketones is 1. The highest BCUT2D eigenvalue weighted by Crippen LogP contribution is 2.17. The number of carbonyl (C=O) groups excluding carboxylic acids is 2. The minimum absolute atomic E-state index is 0.146. The molecule has 0 aliphatic carbocycles. The number of pyridine rings is 1.